The summed E-state index contributed by atoms with van der Waals surface area (Å²) in [6.07, 6.45) is -1.44. The van der Waals surface area contributed by atoms with Crippen LogP contribution in [0.5, 0.6) is 0 Å². The molecule has 0 aromatic carbocycles. The van der Waals surface area contributed by atoms with Gasteiger partial charge in [-0.1, -0.05) is 0 Å². The zero-order valence-electron chi connectivity index (χ0n) is 3.38. The summed E-state index contributed by atoms with van der Waals surface area (Å²) in [5.74, 6) is -0.687. The second kappa shape index (κ2) is 2.01. The number of nitrogens with one attached hydrogen (secondary N) is 1. The van der Waals surface area contributed by atoms with E-state index in [0.29, 0.717) is 0 Å². The number of carbonyl (C=O) groups is 1. The number of hydrogen-bond acceptors (Lipinski definition) is 2. The Balaban J connectivity index is 3.32. The smallest absolute Gasteiger partial charge is 0.434 e. The van der Waals surface area contributed by atoms with Crippen molar-refractivity contribution in [2.75, 3.05) is 0 Å². The molecule has 0 bridgehead atoms. The van der Waals surface area contributed by atoms with Gasteiger partial charge in [-0.2, -0.15) is 0 Å². The first-order valence-corrected chi connectivity index (χ1v) is 1.41. The predicted molar refractivity (Wildman–Crippen MR) is 22.1 cm³/mol. The SMILES string of the molecule is N=C(N)[N]C(=O)O. The van der Waals surface area contributed by atoms with Crippen LogP contribution in [0.2, 0.25) is 0 Å². The Bertz CT molecular complexity index is 87.1. The summed E-state index contributed by atoms with van der Waals surface area (Å²) in [4.78, 5) is 9.42. The van der Waals surface area contributed by atoms with Crippen molar-refractivity contribution in [3.05, 3.63) is 0 Å². The highest BCUT2D eigenvalue weighted by atomic mass is 16.4. The minimum Gasteiger partial charge on any atom is -0.463 e. The maximum absolute atomic E-state index is 9.42. The molecule has 0 atom stereocenters. The van der Waals surface area contributed by atoms with Gasteiger partial charge in [0.1, 0.15) is 0 Å². The van der Waals surface area contributed by atoms with Gasteiger partial charge in [0.05, 0.1) is 0 Å². The standard InChI is InChI=1S/C2H4N3O2/c3-1(4)5-2(6)7/h(H3,3,4)(H,6,7). The topological polar surface area (TPSA) is 101 Å². The molecule has 1 amide bonds. The molecule has 0 aliphatic rings. The van der Waals surface area contributed by atoms with Gasteiger partial charge >= 0.3 is 6.09 Å². The number of amides is 1. The Labute approximate surface area is 39.6 Å². The maximum Gasteiger partial charge on any atom is 0.434 e. The van der Waals surface area contributed by atoms with E-state index in [-0.39, 0.29) is 0 Å². The molecule has 0 fully saturated rings. The monoisotopic (exact) mass is 102 g/mol. The Morgan fingerprint density at radius 1 is 1.86 bits per heavy atom. The van der Waals surface area contributed by atoms with E-state index in [1.807, 2.05) is 0 Å². The minimum atomic E-state index is -1.44. The summed E-state index contributed by atoms with van der Waals surface area (Å²) >= 11 is 0. The van der Waals surface area contributed by atoms with E-state index >= 15 is 0 Å². The van der Waals surface area contributed by atoms with Crippen LogP contribution in [0.1, 0.15) is 0 Å². The first-order valence-electron chi connectivity index (χ1n) is 1.41. The van der Waals surface area contributed by atoms with Crippen molar-refractivity contribution in [3.8, 4) is 0 Å². The Morgan fingerprint density at radius 3 is 2.29 bits per heavy atom. The first kappa shape index (κ1) is 5.74. The van der Waals surface area contributed by atoms with Crippen molar-refractivity contribution in [1.29, 1.82) is 5.41 Å². The van der Waals surface area contributed by atoms with Gasteiger partial charge in [-0.3, -0.25) is 5.41 Å². The van der Waals surface area contributed by atoms with Crippen molar-refractivity contribution in [1.82, 2.24) is 5.32 Å². The quantitative estimate of drug-likeness (QED) is 0.274. The molecule has 5 nitrogen and oxygen atoms in total. The van der Waals surface area contributed by atoms with E-state index in [2.05, 4.69) is 11.1 Å². The third kappa shape index (κ3) is 4.74. The molecule has 0 rings (SSSR count). The molecule has 0 aliphatic carbocycles. The highest BCUT2D eigenvalue weighted by Crippen LogP contribution is 1.58. The van der Waals surface area contributed by atoms with Crippen molar-refractivity contribution < 1.29 is 9.90 Å². The number of rotatable bonds is 0. The van der Waals surface area contributed by atoms with E-state index in [9.17, 15) is 4.79 Å². The molecule has 0 heterocycles. The lowest BCUT2D eigenvalue weighted by Gasteiger charge is -1.85. The van der Waals surface area contributed by atoms with Crippen LogP contribution in [0.4, 0.5) is 4.79 Å². The normalized spacial score (nSPS) is 7.43. The first-order chi connectivity index (χ1) is 3.13. The van der Waals surface area contributed by atoms with Crippen LogP contribution in [0, 0.1) is 5.41 Å². The summed E-state index contributed by atoms with van der Waals surface area (Å²) in [5.41, 5.74) is 4.53. The van der Waals surface area contributed by atoms with Gasteiger partial charge < -0.3 is 10.8 Å². The van der Waals surface area contributed by atoms with Crippen LogP contribution in [-0.2, 0) is 0 Å². The molecule has 0 aliphatic heterocycles. The van der Waals surface area contributed by atoms with Gasteiger partial charge in [-0.25, -0.2) is 4.79 Å². The Hall–Kier alpha value is -1.26. The second-order valence-corrected chi connectivity index (χ2v) is 0.780. The molecule has 0 aromatic heterocycles. The van der Waals surface area contributed by atoms with Crippen molar-refractivity contribution >= 4 is 12.1 Å². The fourth-order valence-electron chi connectivity index (χ4n) is 0.103. The van der Waals surface area contributed by atoms with Gasteiger partial charge in [-0.15, -0.1) is 5.32 Å². The van der Waals surface area contributed by atoms with E-state index < -0.39 is 12.1 Å². The lowest BCUT2D eigenvalue weighted by molar-refractivity contribution is 0.199. The van der Waals surface area contributed by atoms with Crippen molar-refractivity contribution in [2.45, 2.75) is 0 Å². The molecule has 39 valence electrons. The maximum atomic E-state index is 9.42. The number of nitrogens with two attached hydrogens (primary N) is 1. The fourth-order valence-corrected chi connectivity index (χ4v) is 0.103. The van der Waals surface area contributed by atoms with E-state index in [4.69, 9.17) is 10.5 Å². The van der Waals surface area contributed by atoms with Crippen LogP contribution < -0.4 is 11.1 Å². The molecule has 0 saturated heterocycles. The number of carboxylic acid groups (broad SMARTS) is 1. The fraction of sp³-hybridized carbons (Fsp3) is 0. The lowest BCUT2D eigenvalue weighted by Crippen LogP contribution is -2.27. The molecule has 4 N–H and O–H groups in total. The second-order valence-electron chi connectivity index (χ2n) is 0.780. The van der Waals surface area contributed by atoms with Crippen LogP contribution in [0.15, 0.2) is 0 Å². The van der Waals surface area contributed by atoms with Crippen molar-refractivity contribution in [3.63, 3.8) is 0 Å². The van der Waals surface area contributed by atoms with Crippen LogP contribution in [-0.4, -0.2) is 17.2 Å². The summed E-state index contributed by atoms with van der Waals surface area (Å²) in [7, 11) is 0. The third-order valence-electron chi connectivity index (χ3n) is 0.216. The molecular formula is C2H4N3O2. The molecular weight excluding hydrogens is 98.0 g/mol. The predicted octanol–water partition coefficient (Wildman–Crippen LogP) is -0.838. The summed E-state index contributed by atoms with van der Waals surface area (Å²) in [5, 5.41) is 16.5. The Morgan fingerprint density at radius 2 is 2.29 bits per heavy atom. The Kier molecular flexibility index (Phi) is 1.65. The van der Waals surface area contributed by atoms with Crippen LogP contribution in [0.25, 0.3) is 0 Å². The molecule has 1 radical (unpaired) electrons. The minimum absolute atomic E-state index is 0.687. The zero-order chi connectivity index (χ0) is 5.86. The van der Waals surface area contributed by atoms with E-state index in [1.54, 1.807) is 0 Å². The molecule has 0 spiro atoms. The average molecular weight is 102 g/mol. The van der Waals surface area contributed by atoms with Gasteiger partial charge in [0.15, 0.2) is 0 Å². The number of guanidine groups is 1. The third-order valence-corrected chi connectivity index (χ3v) is 0.216. The number of nitrogens with zero attached hydrogens (tertiary/aromatic N) is 1. The van der Waals surface area contributed by atoms with Gasteiger partial charge in [-0.05, 0) is 0 Å². The molecule has 0 saturated carbocycles. The zero-order valence-corrected chi connectivity index (χ0v) is 3.38. The summed E-state index contributed by atoms with van der Waals surface area (Å²) in [6, 6.07) is 0. The van der Waals surface area contributed by atoms with Gasteiger partial charge in [0.25, 0.3) is 0 Å². The molecule has 7 heavy (non-hydrogen) atoms. The van der Waals surface area contributed by atoms with E-state index in [0.717, 1.165) is 0 Å². The summed E-state index contributed by atoms with van der Waals surface area (Å²) in [6.45, 7) is 0. The van der Waals surface area contributed by atoms with E-state index in [1.165, 1.54) is 0 Å². The van der Waals surface area contributed by atoms with Crippen molar-refractivity contribution in [2.24, 2.45) is 5.73 Å². The molecule has 0 aromatic rings. The average Bonchev–Trinajstić information content (AvgIpc) is 1.27. The van der Waals surface area contributed by atoms with Gasteiger partial charge in [0.2, 0.25) is 5.96 Å². The van der Waals surface area contributed by atoms with Gasteiger partial charge in [0, 0.05) is 0 Å². The van der Waals surface area contributed by atoms with Crippen LogP contribution >= 0.6 is 0 Å². The lowest BCUT2D eigenvalue weighted by atomic mass is 10.9. The summed E-state index contributed by atoms with van der Waals surface area (Å²) < 4.78 is 0. The molecule has 0 unspecified atom stereocenters. The van der Waals surface area contributed by atoms with Crippen LogP contribution in [0.3, 0.4) is 0 Å². The number of hydrogen-bond donors (Lipinski definition) is 3. The highest BCUT2D eigenvalue weighted by Gasteiger charge is 1.95. The highest BCUT2D eigenvalue weighted by molar-refractivity contribution is 5.89. The largest absolute Gasteiger partial charge is 0.463 e. The molecule has 5 heteroatoms.